The quantitative estimate of drug-likeness (QED) is 0.639. The van der Waals surface area contributed by atoms with Gasteiger partial charge in [-0.05, 0) is 18.2 Å². The van der Waals surface area contributed by atoms with Gasteiger partial charge < -0.3 is 10.4 Å². The van der Waals surface area contributed by atoms with Gasteiger partial charge in [-0.25, -0.2) is 4.79 Å². The zero-order valence-corrected chi connectivity index (χ0v) is 10.3. The van der Waals surface area contributed by atoms with E-state index in [1.165, 1.54) is 30.5 Å². The van der Waals surface area contributed by atoms with Crippen LogP contribution in [0.1, 0.15) is 16.1 Å². The number of nitro groups is 1. The van der Waals surface area contributed by atoms with Crippen LogP contribution in [0.5, 0.6) is 0 Å². The Balaban J connectivity index is 2.08. The van der Waals surface area contributed by atoms with E-state index < -0.39 is 10.9 Å². The highest BCUT2D eigenvalue weighted by Gasteiger charge is 2.07. The van der Waals surface area contributed by atoms with Crippen LogP contribution in [-0.2, 0) is 6.54 Å². The van der Waals surface area contributed by atoms with Crippen LogP contribution in [0, 0.1) is 10.1 Å². The summed E-state index contributed by atoms with van der Waals surface area (Å²) >= 11 is 0. The van der Waals surface area contributed by atoms with E-state index in [9.17, 15) is 14.9 Å². The lowest BCUT2D eigenvalue weighted by molar-refractivity contribution is -0.384. The molecule has 0 aliphatic rings. The SMILES string of the molecule is O=C(O)c1ccnc(CNc2cccc([N+](=O)[O-])c2)c1. The third kappa shape index (κ3) is 3.29. The van der Waals surface area contributed by atoms with Crippen molar-refractivity contribution in [3.63, 3.8) is 0 Å². The Morgan fingerprint density at radius 1 is 1.35 bits per heavy atom. The predicted molar refractivity (Wildman–Crippen MR) is 71.6 cm³/mol. The van der Waals surface area contributed by atoms with E-state index in [1.54, 1.807) is 12.1 Å². The number of carboxylic acids is 1. The number of nitro benzene ring substituents is 1. The van der Waals surface area contributed by atoms with Gasteiger partial charge in [0.15, 0.2) is 0 Å². The molecule has 0 atom stereocenters. The van der Waals surface area contributed by atoms with Gasteiger partial charge in [0, 0.05) is 24.0 Å². The number of carbonyl (C=O) groups is 1. The van der Waals surface area contributed by atoms with Gasteiger partial charge in [-0.2, -0.15) is 0 Å². The van der Waals surface area contributed by atoms with Crippen LogP contribution in [0.2, 0.25) is 0 Å². The monoisotopic (exact) mass is 273 g/mol. The van der Waals surface area contributed by atoms with Crippen molar-refractivity contribution in [2.45, 2.75) is 6.54 Å². The van der Waals surface area contributed by atoms with Crippen molar-refractivity contribution in [1.29, 1.82) is 0 Å². The van der Waals surface area contributed by atoms with Gasteiger partial charge in [0.25, 0.3) is 5.69 Å². The molecule has 0 bridgehead atoms. The maximum absolute atomic E-state index is 10.8. The molecule has 1 aromatic heterocycles. The average Bonchev–Trinajstić information content (AvgIpc) is 2.45. The van der Waals surface area contributed by atoms with E-state index in [-0.39, 0.29) is 17.8 Å². The van der Waals surface area contributed by atoms with Crippen LogP contribution in [0.15, 0.2) is 42.6 Å². The maximum atomic E-state index is 10.8. The van der Waals surface area contributed by atoms with Crippen molar-refractivity contribution in [3.05, 3.63) is 64.0 Å². The number of hydrogen-bond acceptors (Lipinski definition) is 5. The Labute approximate surface area is 114 Å². The second-order valence-corrected chi connectivity index (χ2v) is 4.00. The second-order valence-electron chi connectivity index (χ2n) is 4.00. The summed E-state index contributed by atoms with van der Waals surface area (Å²) in [5, 5.41) is 22.5. The first kappa shape index (κ1) is 13.5. The van der Waals surface area contributed by atoms with Gasteiger partial charge in [-0.1, -0.05) is 6.07 Å². The Bertz CT molecular complexity index is 600. The number of rotatable bonds is 5. The topological polar surface area (TPSA) is 105 Å². The molecule has 0 aliphatic carbocycles. The molecule has 0 radical (unpaired) electrons. The van der Waals surface area contributed by atoms with E-state index in [1.807, 2.05) is 0 Å². The van der Waals surface area contributed by atoms with E-state index in [2.05, 4.69) is 10.3 Å². The zero-order chi connectivity index (χ0) is 14.5. The highest BCUT2D eigenvalue weighted by Crippen LogP contribution is 2.17. The van der Waals surface area contributed by atoms with Crippen molar-refractivity contribution in [2.24, 2.45) is 0 Å². The van der Waals surface area contributed by atoms with Crippen molar-refractivity contribution in [1.82, 2.24) is 4.98 Å². The summed E-state index contributed by atoms with van der Waals surface area (Å²) in [6, 6.07) is 8.91. The average molecular weight is 273 g/mol. The van der Waals surface area contributed by atoms with Crippen molar-refractivity contribution in [2.75, 3.05) is 5.32 Å². The molecule has 0 amide bonds. The summed E-state index contributed by atoms with van der Waals surface area (Å²) in [5.41, 5.74) is 1.25. The van der Waals surface area contributed by atoms with Crippen LogP contribution >= 0.6 is 0 Å². The molecule has 0 fully saturated rings. The molecule has 0 unspecified atom stereocenters. The normalized spacial score (nSPS) is 10.0. The molecule has 7 heteroatoms. The van der Waals surface area contributed by atoms with Crippen LogP contribution in [0.4, 0.5) is 11.4 Å². The van der Waals surface area contributed by atoms with Crippen LogP contribution in [0.25, 0.3) is 0 Å². The fraction of sp³-hybridized carbons (Fsp3) is 0.0769. The Morgan fingerprint density at radius 3 is 2.85 bits per heavy atom. The summed E-state index contributed by atoms with van der Waals surface area (Å²) in [5.74, 6) is -1.02. The summed E-state index contributed by atoms with van der Waals surface area (Å²) in [7, 11) is 0. The summed E-state index contributed by atoms with van der Waals surface area (Å²) in [6.45, 7) is 0.280. The minimum Gasteiger partial charge on any atom is -0.478 e. The Morgan fingerprint density at radius 2 is 2.15 bits per heavy atom. The number of non-ortho nitro benzene ring substituents is 1. The molecule has 2 aromatic rings. The predicted octanol–water partition coefficient (Wildman–Crippen LogP) is 2.30. The number of nitrogens with one attached hydrogen (secondary N) is 1. The molecule has 7 nitrogen and oxygen atoms in total. The maximum Gasteiger partial charge on any atom is 0.335 e. The zero-order valence-electron chi connectivity index (χ0n) is 10.3. The molecule has 2 N–H and O–H groups in total. The van der Waals surface area contributed by atoms with Gasteiger partial charge in [-0.15, -0.1) is 0 Å². The number of benzene rings is 1. The Hall–Kier alpha value is -2.96. The summed E-state index contributed by atoms with van der Waals surface area (Å²) in [4.78, 5) is 25.0. The standard InChI is InChI=1S/C13H11N3O4/c17-13(18)9-4-5-14-11(6-9)8-15-10-2-1-3-12(7-10)16(19)20/h1-7,15H,8H2,(H,17,18). The van der Waals surface area contributed by atoms with Crippen molar-refractivity contribution >= 4 is 17.3 Å². The molecule has 2 rings (SSSR count). The first-order valence-electron chi connectivity index (χ1n) is 5.73. The third-order valence-electron chi connectivity index (χ3n) is 2.59. The van der Waals surface area contributed by atoms with E-state index >= 15 is 0 Å². The van der Waals surface area contributed by atoms with Gasteiger partial charge in [0.05, 0.1) is 22.7 Å². The molecule has 0 aliphatic heterocycles. The summed E-state index contributed by atoms with van der Waals surface area (Å²) < 4.78 is 0. The second kappa shape index (κ2) is 5.79. The molecule has 102 valence electrons. The fourth-order valence-electron chi connectivity index (χ4n) is 1.63. The number of anilines is 1. The fourth-order valence-corrected chi connectivity index (χ4v) is 1.63. The number of hydrogen-bond donors (Lipinski definition) is 2. The molecule has 0 saturated heterocycles. The number of aromatic nitrogens is 1. The van der Waals surface area contributed by atoms with Gasteiger partial charge >= 0.3 is 5.97 Å². The number of pyridine rings is 1. The molecule has 1 heterocycles. The van der Waals surface area contributed by atoms with Crippen LogP contribution in [-0.4, -0.2) is 21.0 Å². The molecular weight excluding hydrogens is 262 g/mol. The molecule has 0 spiro atoms. The van der Waals surface area contributed by atoms with Crippen LogP contribution in [0.3, 0.4) is 0 Å². The third-order valence-corrected chi connectivity index (χ3v) is 2.59. The van der Waals surface area contributed by atoms with Gasteiger partial charge in [0.2, 0.25) is 0 Å². The number of nitrogens with zero attached hydrogens (tertiary/aromatic N) is 2. The molecule has 0 saturated carbocycles. The Kier molecular flexibility index (Phi) is 3.90. The van der Waals surface area contributed by atoms with Crippen molar-refractivity contribution < 1.29 is 14.8 Å². The highest BCUT2D eigenvalue weighted by molar-refractivity contribution is 5.87. The summed E-state index contributed by atoms with van der Waals surface area (Å²) in [6.07, 6.45) is 1.41. The molecular formula is C13H11N3O4. The van der Waals surface area contributed by atoms with E-state index in [4.69, 9.17) is 5.11 Å². The lowest BCUT2D eigenvalue weighted by atomic mass is 10.2. The molecule has 1 aromatic carbocycles. The first-order valence-corrected chi connectivity index (χ1v) is 5.73. The minimum atomic E-state index is -1.02. The first-order chi connectivity index (χ1) is 9.56. The smallest absolute Gasteiger partial charge is 0.335 e. The molecule has 20 heavy (non-hydrogen) atoms. The van der Waals surface area contributed by atoms with E-state index in [0.717, 1.165) is 0 Å². The minimum absolute atomic E-state index is 0.0118. The van der Waals surface area contributed by atoms with Gasteiger partial charge in [0.1, 0.15) is 0 Å². The number of carboxylic acid groups (broad SMARTS) is 1. The lowest BCUT2D eigenvalue weighted by Gasteiger charge is -2.06. The van der Waals surface area contributed by atoms with Crippen molar-refractivity contribution in [3.8, 4) is 0 Å². The lowest BCUT2D eigenvalue weighted by Crippen LogP contribution is -2.04. The largest absolute Gasteiger partial charge is 0.478 e. The highest BCUT2D eigenvalue weighted by atomic mass is 16.6. The van der Waals surface area contributed by atoms with E-state index in [0.29, 0.717) is 11.4 Å². The van der Waals surface area contributed by atoms with Crippen LogP contribution < -0.4 is 5.32 Å². The number of aromatic carboxylic acids is 1. The van der Waals surface area contributed by atoms with Gasteiger partial charge in [-0.3, -0.25) is 15.1 Å².